The molecule has 1 saturated heterocycles. The Morgan fingerprint density at radius 2 is 2.39 bits per heavy atom. The van der Waals surface area contributed by atoms with Crippen LogP contribution in [-0.2, 0) is 11.3 Å². The number of anilines is 1. The van der Waals surface area contributed by atoms with Gasteiger partial charge < -0.3 is 15.4 Å². The quantitative estimate of drug-likeness (QED) is 0.846. The van der Waals surface area contributed by atoms with E-state index >= 15 is 0 Å². The van der Waals surface area contributed by atoms with Crippen LogP contribution >= 0.6 is 0 Å². The van der Waals surface area contributed by atoms with Crippen LogP contribution in [0.3, 0.4) is 0 Å². The van der Waals surface area contributed by atoms with Crippen molar-refractivity contribution in [1.29, 1.82) is 0 Å². The predicted octanol–water partition coefficient (Wildman–Crippen LogP) is 1.00. The Morgan fingerprint density at radius 3 is 3.17 bits per heavy atom. The van der Waals surface area contributed by atoms with E-state index in [1.165, 1.54) is 19.3 Å². The first-order valence-electron chi connectivity index (χ1n) is 6.70. The van der Waals surface area contributed by atoms with Gasteiger partial charge in [-0.2, -0.15) is 0 Å². The van der Waals surface area contributed by atoms with Crippen molar-refractivity contribution in [1.82, 2.24) is 9.97 Å². The van der Waals surface area contributed by atoms with Crippen molar-refractivity contribution in [2.45, 2.75) is 44.9 Å². The second kappa shape index (κ2) is 4.82. The zero-order chi connectivity index (χ0) is 12.5. The van der Waals surface area contributed by atoms with Crippen LogP contribution in [0.25, 0.3) is 0 Å². The maximum atomic E-state index is 5.81. The van der Waals surface area contributed by atoms with Crippen molar-refractivity contribution >= 4 is 5.95 Å². The maximum absolute atomic E-state index is 5.81. The van der Waals surface area contributed by atoms with Gasteiger partial charge in [-0.25, -0.2) is 9.97 Å². The van der Waals surface area contributed by atoms with Gasteiger partial charge in [-0.05, 0) is 26.2 Å². The molecule has 2 atom stereocenters. The number of aromatic nitrogens is 2. The Labute approximate surface area is 107 Å². The van der Waals surface area contributed by atoms with Crippen LogP contribution in [0.1, 0.15) is 30.5 Å². The molecule has 2 N–H and O–H groups in total. The van der Waals surface area contributed by atoms with Gasteiger partial charge in [0.25, 0.3) is 0 Å². The van der Waals surface area contributed by atoms with Crippen LogP contribution in [0.5, 0.6) is 0 Å². The highest BCUT2D eigenvalue weighted by molar-refractivity contribution is 5.36. The number of morpholine rings is 1. The van der Waals surface area contributed by atoms with Crippen LogP contribution in [0.15, 0.2) is 6.20 Å². The largest absolute Gasteiger partial charge is 0.374 e. The van der Waals surface area contributed by atoms with Crippen molar-refractivity contribution in [2.75, 3.05) is 18.1 Å². The zero-order valence-corrected chi connectivity index (χ0v) is 10.8. The molecule has 2 aliphatic rings. The van der Waals surface area contributed by atoms with Crippen LogP contribution in [-0.4, -0.2) is 35.3 Å². The molecule has 0 spiro atoms. The lowest BCUT2D eigenvalue weighted by Gasteiger charge is -2.37. The molecule has 2 fully saturated rings. The van der Waals surface area contributed by atoms with Gasteiger partial charge in [-0.3, -0.25) is 0 Å². The maximum Gasteiger partial charge on any atom is 0.225 e. The number of nitrogens with two attached hydrogens (primary N) is 1. The molecule has 1 aromatic heterocycles. The fraction of sp³-hybridized carbons (Fsp3) is 0.692. The summed E-state index contributed by atoms with van der Waals surface area (Å²) in [5, 5.41) is 0. The minimum atomic E-state index is 0.372. The lowest BCUT2D eigenvalue weighted by atomic mass is 10.1. The van der Waals surface area contributed by atoms with E-state index in [1.54, 1.807) is 0 Å². The van der Waals surface area contributed by atoms with Gasteiger partial charge in [0.2, 0.25) is 5.95 Å². The summed E-state index contributed by atoms with van der Waals surface area (Å²) in [5.41, 5.74) is 7.66. The number of hydrogen-bond acceptors (Lipinski definition) is 5. The molecular weight excluding hydrogens is 228 g/mol. The van der Waals surface area contributed by atoms with Gasteiger partial charge in [0.1, 0.15) is 0 Å². The SMILES string of the molecule is Cc1nc(N2CCOC3CCCC32)ncc1CN. The third-order valence-electron chi connectivity index (χ3n) is 4.03. The van der Waals surface area contributed by atoms with Crippen molar-refractivity contribution in [3.63, 3.8) is 0 Å². The first-order valence-corrected chi connectivity index (χ1v) is 6.70. The lowest BCUT2D eigenvalue weighted by Crippen LogP contribution is -2.49. The Balaban J connectivity index is 1.87. The summed E-state index contributed by atoms with van der Waals surface area (Å²) in [6.45, 7) is 4.17. The highest BCUT2D eigenvalue weighted by Gasteiger charge is 2.37. The van der Waals surface area contributed by atoms with Gasteiger partial charge in [0, 0.05) is 30.5 Å². The Bertz CT molecular complexity index is 437. The van der Waals surface area contributed by atoms with Crippen LogP contribution in [0.2, 0.25) is 0 Å². The highest BCUT2D eigenvalue weighted by atomic mass is 16.5. The van der Waals surface area contributed by atoms with E-state index in [-0.39, 0.29) is 0 Å². The Morgan fingerprint density at radius 1 is 1.50 bits per heavy atom. The molecular formula is C13H20N4O. The van der Waals surface area contributed by atoms with Gasteiger partial charge in [0.15, 0.2) is 0 Å². The molecule has 5 nitrogen and oxygen atoms in total. The minimum Gasteiger partial charge on any atom is -0.374 e. The first kappa shape index (κ1) is 11.9. The van der Waals surface area contributed by atoms with Crippen molar-refractivity contribution in [3.8, 4) is 0 Å². The molecule has 1 saturated carbocycles. The van der Waals surface area contributed by atoms with Crippen molar-refractivity contribution in [3.05, 3.63) is 17.5 Å². The van der Waals surface area contributed by atoms with Crippen molar-refractivity contribution in [2.24, 2.45) is 5.73 Å². The van der Waals surface area contributed by atoms with Gasteiger partial charge in [-0.15, -0.1) is 0 Å². The monoisotopic (exact) mass is 248 g/mol. The molecule has 1 aliphatic carbocycles. The smallest absolute Gasteiger partial charge is 0.225 e. The molecule has 5 heteroatoms. The summed E-state index contributed by atoms with van der Waals surface area (Å²) in [7, 11) is 0. The topological polar surface area (TPSA) is 64.3 Å². The summed E-state index contributed by atoms with van der Waals surface area (Å²) in [4.78, 5) is 11.4. The second-order valence-corrected chi connectivity index (χ2v) is 5.09. The van der Waals surface area contributed by atoms with E-state index in [0.717, 1.165) is 30.4 Å². The second-order valence-electron chi connectivity index (χ2n) is 5.09. The van der Waals surface area contributed by atoms with E-state index in [2.05, 4.69) is 14.9 Å². The molecule has 2 heterocycles. The fourth-order valence-corrected chi connectivity index (χ4v) is 2.99. The number of fused-ring (bicyclic) bond motifs is 1. The summed E-state index contributed by atoms with van der Waals surface area (Å²) in [6.07, 6.45) is 5.83. The summed E-state index contributed by atoms with van der Waals surface area (Å²) >= 11 is 0. The molecule has 3 rings (SSSR count). The Hall–Kier alpha value is -1.20. The normalized spacial score (nSPS) is 27.3. The molecule has 0 bridgehead atoms. The number of rotatable bonds is 2. The molecule has 1 aromatic rings. The number of nitrogens with zero attached hydrogens (tertiary/aromatic N) is 3. The summed E-state index contributed by atoms with van der Waals surface area (Å²) in [5.74, 6) is 0.838. The van der Waals surface area contributed by atoms with E-state index in [9.17, 15) is 0 Å². The average Bonchev–Trinajstić information content (AvgIpc) is 2.86. The van der Waals surface area contributed by atoms with Crippen LogP contribution in [0, 0.1) is 6.92 Å². The van der Waals surface area contributed by atoms with E-state index in [1.807, 2.05) is 13.1 Å². The van der Waals surface area contributed by atoms with Crippen LogP contribution in [0.4, 0.5) is 5.95 Å². The summed E-state index contributed by atoms with van der Waals surface area (Å²) in [6, 6.07) is 0.460. The predicted molar refractivity (Wildman–Crippen MR) is 69.4 cm³/mol. The molecule has 0 amide bonds. The number of ether oxygens (including phenoxy) is 1. The highest BCUT2D eigenvalue weighted by Crippen LogP contribution is 2.31. The molecule has 18 heavy (non-hydrogen) atoms. The zero-order valence-electron chi connectivity index (χ0n) is 10.8. The standard InChI is InChI=1S/C13H20N4O/c1-9-10(7-14)8-15-13(16-9)17-5-6-18-12-4-2-3-11(12)17/h8,11-12H,2-7,14H2,1H3. The van der Waals surface area contributed by atoms with Crippen molar-refractivity contribution < 1.29 is 4.74 Å². The molecule has 0 radical (unpaired) electrons. The van der Waals surface area contributed by atoms with E-state index in [0.29, 0.717) is 18.7 Å². The third-order valence-corrected chi connectivity index (χ3v) is 4.03. The lowest BCUT2D eigenvalue weighted by molar-refractivity contribution is 0.0249. The van der Waals surface area contributed by atoms with Gasteiger partial charge in [-0.1, -0.05) is 0 Å². The van der Waals surface area contributed by atoms with E-state index in [4.69, 9.17) is 10.5 Å². The van der Waals surface area contributed by atoms with E-state index < -0.39 is 0 Å². The van der Waals surface area contributed by atoms with Crippen LogP contribution < -0.4 is 10.6 Å². The fourth-order valence-electron chi connectivity index (χ4n) is 2.99. The first-order chi connectivity index (χ1) is 8.79. The van der Waals surface area contributed by atoms with Gasteiger partial charge in [0.05, 0.1) is 18.8 Å². The molecule has 1 aliphatic heterocycles. The minimum absolute atomic E-state index is 0.372. The average molecular weight is 248 g/mol. The molecule has 2 unspecified atom stereocenters. The Kier molecular flexibility index (Phi) is 3.18. The van der Waals surface area contributed by atoms with Gasteiger partial charge >= 0.3 is 0 Å². The number of hydrogen-bond donors (Lipinski definition) is 1. The molecule has 0 aromatic carbocycles. The third kappa shape index (κ3) is 1.97. The number of aryl methyl sites for hydroxylation is 1. The molecule has 98 valence electrons. The summed E-state index contributed by atoms with van der Waals surface area (Å²) < 4.78 is 5.81.